The molecule has 88 valence electrons. The number of ketones is 1. The molecule has 1 aromatic carbocycles. The summed E-state index contributed by atoms with van der Waals surface area (Å²) in [5, 5.41) is 10.0. The molecule has 0 N–H and O–H groups in total. The van der Waals surface area contributed by atoms with Crippen LogP contribution in [0.2, 0.25) is 0 Å². The molecule has 0 radical (unpaired) electrons. The van der Waals surface area contributed by atoms with Crippen LogP contribution >= 0.6 is 11.3 Å². The van der Waals surface area contributed by atoms with Crippen molar-refractivity contribution in [1.82, 2.24) is 15.0 Å². The van der Waals surface area contributed by atoms with Crippen molar-refractivity contribution in [2.45, 2.75) is 0 Å². The van der Waals surface area contributed by atoms with Crippen LogP contribution in [0.3, 0.4) is 0 Å². The second-order valence-electron chi connectivity index (χ2n) is 3.64. The van der Waals surface area contributed by atoms with Gasteiger partial charge in [-0.25, -0.2) is 0 Å². The molecule has 3 rings (SSSR count). The van der Waals surface area contributed by atoms with E-state index in [9.17, 15) is 4.79 Å². The molecule has 0 fully saturated rings. The highest BCUT2D eigenvalue weighted by molar-refractivity contribution is 7.12. The van der Waals surface area contributed by atoms with Gasteiger partial charge in [0.05, 0.1) is 28.5 Å². The fraction of sp³-hybridized carbons (Fsp3) is 0. The number of rotatable bonds is 3. The molecule has 3 aromatic rings. The molecule has 0 bridgehead atoms. The van der Waals surface area contributed by atoms with Gasteiger partial charge in [0.1, 0.15) is 0 Å². The molecule has 4 nitrogen and oxygen atoms in total. The Morgan fingerprint density at radius 1 is 1.06 bits per heavy atom. The van der Waals surface area contributed by atoms with Crippen LogP contribution in [0.15, 0.2) is 54.2 Å². The van der Waals surface area contributed by atoms with Gasteiger partial charge in [-0.2, -0.15) is 15.0 Å². The van der Waals surface area contributed by atoms with Gasteiger partial charge in [0.2, 0.25) is 5.78 Å². The van der Waals surface area contributed by atoms with Crippen LogP contribution < -0.4 is 0 Å². The number of para-hydroxylation sites is 1. The van der Waals surface area contributed by atoms with E-state index in [1.54, 1.807) is 18.5 Å². The summed E-state index contributed by atoms with van der Waals surface area (Å²) in [4.78, 5) is 14.5. The summed E-state index contributed by atoms with van der Waals surface area (Å²) in [6.07, 6.45) is 3.18. The first-order valence-electron chi connectivity index (χ1n) is 5.40. The van der Waals surface area contributed by atoms with Crippen LogP contribution in [0.5, 0.6) is 0 Å². The maximum absolute atomic E-state index is 12.4. The lowest BCUT2D eigenvalue weighted by molar-refractivity contribution is 0.104. The molecule has 0 aliphatic heterocycles. The molecule has 0 spiro atoms. The number of hydrogen-bond donors (Lipinski definition) is 0. The standard InChI is InChI=1S/C13H9N3OS/c17-13(12-6-3-9-18-12)10-4-1-2-5-11(10)16-14-7-8-15-16/h1-9H. The predicted molar refractivity (Wildman–Crippen MR) is 69.1 cm³/mol. The Hall–Kier alpha value is -2.27. The lowest BCUT2D eigenvalue weighted by Gasteiger charge is -2.05. The maximum Gasteiger partial charge on any atom is 0.205 e. The van der Waals surface area contributed by atoms with Gasteiger partial charge < -0.3 is 0 Å². The van der Waals surface area contributed by atoms with E-state index >= 15 is 0 Å². The van der Waals surface area contributed by atoms with E-state index in [1.807, 2.05) is 35.7 Å². The number of hydrogen-bond acceptors (Lipinski definition) is 4. The summed E-state index contributed by atoms with van der Waals surface area (Å²) in [5.41, 5.74) is 1.30. The summed E-state index contributed by atoms with van der Waals surface area (Å²) >= 11 is 1.43. The number of nitrogens with zero attached hydrogens (tertiary/aromatic N) is 3. The molecular formula is C13H9N3OS. The maximum atomic E-state index is 12.4. The Labute approximate surface area is 108 Å². The van der Waals surface area contributed by atoms with Crippen molar-refractivity contribution in [2.75, 3.05) is 0 Å². The summed E-state index contributed by atoms with van der Waals surface area (Å²) < 4.78 is 0. The van der Waals surface area contributed by atoms with E-state index in [0.717, 1.165) is 4.88 Å². The number of aromatic nitrogens is 3. The smallest absolute Gasteiger partial charge is 0.205 e. The number of thiophene rings is 1. The first-order valence-corrected chi connectivity index (χ1v) is 6.28. The van der Waals surface area contributed by atoms with Gasteiger partial charge in [-0.05, 0) is 23.6 Å². The highest BCUT2D eigenvalue weighted by Gasteiger charge is 2.15. The third-order valence-corrected chi connectivity index (χ3v) is 3.40. The molecule has 18 heavy (non-hydrogen) atoms. The molecule has 0 saturated carbocycles. The normalized spacial score (nSPS) is 10.4. The molecule has 2 heterocycles. The van der Waals surface area contributed by atoms with Crippen molar-refractivity contribution in [1.29, 1.82) is 0 Å². The zero-order valence-electron chi connectivity index (χ0n) is 9.35. The molecule has 0 atom stereocenters. The lowest BCUT2D eigenvalue weighted by atomic mass is 10.1. The van der Waals surface area contributed by atoms with E-state index in [0.29, 0.717) is 11.3 Å². The third-order valence-electron chi connectivity index (χ3n) is 2.53. The van der Waals surface area contributed by atoms with Crippen molar-refractivity contribution < 1.29 is 4.79 Å². The third kappa shape index (κ3) is 1.84. The van der Waals surface area contributed by atoms with Crippen LogP contribution in [-0.2, 0) is 0 Å². The zero-order chi connectivity index (χ0) is 12.4. The molecule has 0 amide bonds. The van der Waals surface area contributed by atoms with Crippen molar-refractivity contribution in [2.24, 2.45) is 0 Å². The minimum absolute atomic E-state index is 0.00194. The zero-order valence-corrected chi connectivity index (χ0v) is 10.2. The number of carbonyl (C=O) groups is 1. The Balaban J connectivity index is 2.10. The average Bonchev–Trinajstić information content (AvgIpc) is 3.11. The molecule has 0 aliphatic rings. The van der Waals surface area contributed by atoms with Gasteiger partial charge in [-0.1, -0.05) is 18.2 Å². The van der Waals surface area contributed by atoms with Crippen LogP contribution in [0.1, 0.15) is 15.2 Å². The molecule has 0 saturated heterocycles. The number of benzene rings is 1. The van der Waals surface area contributed by atoms with Gasteiger partial charge in [-0.3, -0.25) is 4.79 Å². The molecule has 2 aromatic heterocycles. The first kappa shape index (κ1) is 10.9. The van der Waals surface area contributed by atoms with Gasteiger partial charge in [0.25, 0.3) is 0 Å². The van der Waals surface area contributed by atoms with Gasteiger partial charge >= 0.3 is 0 Å². The fourth-order valence-electron chi connectivity index (χ4n) is 1.72. The van der Waals surface area contributed by atoms with Gasteiger partial charge in [0, 0.05) is 0 Å². The Kier molecular flexibility index (Phi) is 2.74. The first-order chi connectivity index (χ1) is 8.86. The van der Waals surface area contributed by atoms with Crippen molar-refractivity contribution in [3.8, 4) is 5.69 Å². The van der Waals surface area contributed by atoms with Crippen LogP contribution in [-0.4, -0.2) is 20.8 Å². The fourth-order valence-corrected chi connectivity index (χ4v) is 2.40. The van der Waals surface area contributed by atoms with E-state index in [2.05, 4.69) is 10.2 Å². The van der Waals surface area contributed by atoms with Crippen molar-refractivity contribution >= 4 is 17.1 Å². The second-order valence-corrected chi connectivity index (χ2v) is 4.59. The average molecular weight is 255 g/mol. The van der Waals surface area contributed by atoms with Crippen LogP contribution in [0, 0.1) is 0 Å². The van der Waals surface area contributed by atoms with E-state index in [4.69, 9.17) is 0 Å². The monoisotopic (exact) mass is 255 g/mol. The van der Waals surface area contributed by atoms with E-state index < -0.39 is 0 Å². The van der Waals surface area contributed by atoms with Crippen LogP contribution in [0.25, 0.3) is 5.69 Å². The summed E-state index contributed by atoms with van der Waals surface area (Å²) in [7, 11) is 0. The quantitative estimate of drug-likeness (QED) is 0.676. The highest BCUT2D eigenvalue weighted by Crippen LogP contribution is 2.19. The Bertz CT molecular complexity index is 659. The molecular weight excluding hydrogens is 246 g/mol. The second kappa shape index (κ2) is 4.54. The number of carbonyl (C=O) groups excluding carboxylic acids is 1. The minimum atomic E-state index is -0.00194. The predicted octanol–water partition coefficient (Wildman–Crippen LogP) is 2.56. The summed E-state index contributed by atoms with van der Waals surface area (Å²) in [6.45, 7) is 0. The minimum Gasteiger partial charge on any atom is -0.288 e. The highest BCUT2D eigenvalue weighted by atomic mass is 32.1. The Morgan fingerprint density at radius 3 is 2.56 bits per heavy atom. The van der Waals surface area contributed by atoms with Crippen molar-refractivity contribution in [3.05, 3.63) is 64.6 Å². The lowest BCUT2D eigenvalue weighted by Crippen LogP contribution is -2.08. The van der Waals surface area contributed by atoms with Crippen molar-refractivity contribution in [3.63, 3.8) is 0 Å². The molecule has 0 aliphatic carbocycles. The summed E-state index contributed by atoms with van der Waals surface area (Å²) in [6, 6.07) is 11.0. The van der Waals surface area contributed by atoms with Crippen LogP contribution in [0.4, 0.5) is 0 Å². The molecule has 5 heteroatoms. The van der Waals surface area contributed by atoms with Gasteiger partial charge in [-0.15, -0.1) is 11.3 Å². The topological polar surface area (TPSA) is 47.8 Å². The van der Waals surface area contributed by atoms with Gasteiger partial charge in [0.15, 0.2) is 0 Å². The molecule has 0 unspecified atom stereocenters. The largest absolute Gasteiger partial charge is 0.288 e. The Morgan fingerprint density at radius 2 is 1.83 bits per heavy atom. The van der Waals surface area contributed by atoms with E-state index in [-0.39, 0.29) is 5.78 Å². The van der Waals surface area contributed by atoms with E-state index in [1.165, 1.54) is 16.1 Å². The summed E-state index contributed by atoms with van der Waals surface area (Å²) in [5.74, 6) is -0.00194. The SMILES string of the molecule is O=C(c1cccs1)c1ccccc1-n1nccn1.